The number of anilines is 1. The third-order valence-corrected chi connectivity index (χ3v) is 6.75. The first-order chi connectivity index (χ1) is 16.8. The lowest BCUT2D eigenvalue weighted by atomic mass is 10.1. The van der Waals surface area contributed by atoms with Crippen LogP contribution >= 0.6 is 11.8 Å². The van der Waals surface area contributed by atoms with Gasteiger partial charge in [-0.05, 0) is 65.7 Å². The molecular weight excluding hydrogens is 458 g/mol. The molecule has 0 aromatic heterocycles. The Morgan fingerprint density at radius 2 is 1.63 bits per heavy atom. The lowest BCUT2D eigenvalue weighted by Crippen LogP contribution is -2.23. The van der Waals surface area contributed by atoms with Crippen molar-refractivity contribution in [3.8, 4) is 0 Å². The third kappa shape index (κ3) is 6.19. The van der Waals surface area contributed by atoms with Crippen molar-refractivity contribution in [2.75, 3.05) is 19.0 Å². The zero-order valence-electron chi connectivity index (χ0n) is 19.9. The van der Waals surface area contributed by atoms with Crippen LogP contribution in [0, 0.1) is 6.92 Å². The van der Waals surface area contributed by atoms with E-state index in [9.17, 15) is 9.59 Å². The number of aliphatic imine (C=N–C) groups is 1. The number of amidine groups is 1. The van der Waals surface area contributed by atoms with Gasteiger partial charge in [0.1, 0.15) is 0 Å². The van der Waals surface area contributed by atoms with Gasteiger partial charge < -0.3 is 10.0 Å². The molecule has 1 N–H and O–H groups in total. The van der Waals surface area contributed by atoms with Gasteiger partial charge in [-0.25, -0.2) is 4.99 Å². The number of likely N-dealkylation sites (N-methyl/N-ethyl adjacent to an activating group) is 1. The number of hydrogen-bond donors (Lipinski definition) is 1. The van der Waals surface area contributed by atoms with Crippen LogP contribution in [0.25, 0.3) is 6.08 Å². The zero-order valence-corrected chi connectivity index (χ0v) is 20.7. The summed E-state index contributed by atoms with van der Waals surface area (Å²) in [4.78, 5) is 32.5. The van der Waals surface area contributed by atoms with Gasteiger partial charge in [-0.3, -0.25) is 14.5 Å². The Morgan fingerprint density at radius 1 is 1.00 bits per heavy atom. The molecule has 0 unspecified atom stereocenters. The van der Waals surface area contributed by atoms with Gasteiger partial charge in [-0.1, -0.05) is 54.1 Å². The molecule has 6 nitrogen and oxygen atoms in total. The van der Waals surface area contributed by atoms with Crippen LogP contribution in [0.4, 0.5) is 11.4 Å². The van der Waals surface area contributed by atoms with Gasteiger partial charge in [0.25, 0.3) is 5.91 Å². The Hall–Kier alpha value is -3.84. The predicted octanol–water partition coefficient (Wildman–Crippen LogP) is 5.49. The number of carbonyl (C=O) groups is 2. The van der Waals surface area contributed by atoms with Crippen molar-refractivity contribution in [3.63, 3.8) is 0 Å². The first-order valence-corrected chi connectivity index (χ1v) is 12.0. The average Bonchev–Trinajstić information content (AvgIpc) is 3.09. The highest BCUT2D eigenvalue weighted by molar-refractivity contribution is 8.18. The Labute approximate surface area is 209 Å². The van der Waals surface area contributed by atoms with E-state index in [4.69, 9.17) is 5.11 Å². The van der Waals surface area contributed by atoms with Crippen LogP contribution in [0.5, 0.6) is 0 Å². The Balaban J connectivity index is 1.44. The van der Waals surface area contributed by atoms with Crippen molar-refractivity contribution in [2.45, 2.75) is 19.9 Å². The van der Waals surface area contributed by atoms with E-state index in [1.807, 2.05) is 18.2 Å². The SMILES string of the molecule is Cc1ccc(CN(C)c2ccc(/C=C3/SC(=Nc4ccc(CC(=O)O)cc4)N(C)C3=O)cc2)cc1. The van der Waals surface area contributed by atoms with Crippen molar-refractivity contribution in [2.24, 2.45) is 4.99 Å². The van der Waals surface area contributed by atoms with Gasteiger partial charge in [0, 0.05) is 26.3 Å². The molecule has 178 valence electrons. The lowest BCUT2D eigenvalue weighted by Gasteiger charge is -2.19. The van der Waals surface area contributed by atoms with Gasteiger partial charge >= 0.3 is 5.97 Å². The number of nitrogens with zero attached hydrogens (tertiary/aromatic N) is 3. The van der Waals surface area contributed by atoms with Crippen LogP contribution in [0.15, 0.2) is 82.7 Å². The van der Waals surface area contributed by atoms with Crippen molar-refractivity contribution >= 4 is 46.3 Å². The van der Waals surface area contributed by atoms with Crippen LogP contribution in [0.3, 0.4) is 0 Å². The first-order valence-electron chi connectivity index (χ1n) is 11.2. The summed E-state index contributed by atoms with van der Waals surface area (Å²) < 4.78 is 0. The van der Waals surface area contributed by atoms with Crippen LogP contribution < -0.4 is 4.90 Å². The molecule has 0 bridgehead atoms. The maximum Gasteiger partial charge on any atom is 0.307 e. The van der Waals surface area contributed by atoms with Gasteiger partial charge in [0.15, 0.2) is 5.17 Å². The van der Waals surface area contributed by atoms with Crippen molar-refractivity contribution in [3.05, 3.63) is 100.0 Å². The second kappa shape index (κ2) is 10.6. The van der Waals surface area contributed by atoms with E-state index in [0.717, 1.165) is 17.8 Å². The number of thioether (sulfide) groups is 1. The monoisotopic (exact) mass is 485 g/mol. The van der Waals surface area contributed by atoms with Crippen LogP contribution in [0.1, 0.15) is 22.3 Å². The van der Waals surface area contributed by atoms with Crippen molar-refractivity contribution < 1.29 is 14.7 Å². The highest BCUT2D eigenvalue weighted by Gasteiger charge is 2.30. The summed E-state index contributed by atoms with van der Waals surface area (Å²) in [6, 6.07) is 23.7. The number of aryl methyl sites for hydroxylation is 1. The number of carboxylic acids is 1. The van der Waals surface area contributed by atoms with Crippen LogP contribution in [-0.4, -0.2) is 41.1 Å². The minimum Gasteiger partial charge on any atom is -0.481 e. The van der Waals surface area contributed by atoms with E-state index < -0.39 is 5.97 Å². The Morgan fingerprint density at radius 3 is 2.26 bits per heavy atom. The molecule has 0 radical (unpaired) electrons. The van der Waals surface area contributed by atoms with E-state index in [2.05, 4.69) is 60.3 Å². The number of carbonyl (C=O) groups excluding carboxylic acids is 1. The molecular formula is C28H27N3O3S. The normalized spacial score (nSPS) is 15.7. The molecule has 1 saturated heterocycles. The fourth-order valence-corrected chi connectivity index (χ4v) is 4.65. The van der Waals surface area contributed by atoms with E-state index in [-0.39, 0.29) is 12.3 Å². The number of benzene rings is 3. The maximum atomic E-state index is 12.8. The molecule has 1 amide bonds. The van der Waals surface area contributed by atoms with Gasteiger partial charge in [-0.2, -0.15) is 0 Å². The summed E-state index contributed by atoms with van der Waals surface area (Å²) >= 11 is 1.33. The predicted molar refractivity (Wildman–Crippen MR) is 143 cm³/mol. The molecule has 4 rings (SSSR count). The minimum atomic E-state index is -0.874. The highest BCUT2D eigenvalue weighted by atomic mass is 32.2. The summed E-state index contributed by atoms with van der Waals surface area (Å²) in [7, 11) is 3.77. The molecule has 3 aromatic rings. The van der Waals surface area contributed by atoms with E-state index in [0.29, 0.717) is 21.3 Å². The first kappa shape index (κ1) is 24.3. The molecule has 35 heavy (non-hydrogen) atoms. The lowest BCUT2D eigenvalue weighted by molar-refractivity contribution is -0.136. The Bertz CT molecular complexity index is 1280. The summed E-state index contributed by atoms with van der Waals surface area (Å²) in [5.74, 6) is -0.974. The average molecular weight is 486 g/mol. The molecule has 7 heteroatoms. The number of rotatable bonds is 7. The fraction of sp³-hybridized carbons (Fsp3) is 0.179. The van der Waals surface area contributed by atoms with E-state index in [1.54, 1.807) is 31.3 Å². The van der Waals surface area contributed by atoms with Crippen LogP contribution in [0.2, 0.25) is 0 Å². The second-order valence-electron chi connectivity index (χ2n) is 8.54. The van der Waals surface area contributed by atoms with Crippen LogP contribution in [-0.2, 0) is 22.6 Å². The molecule has 1 heterocycles. The molecule has 0 aliphatic carbocycles. The standard InChI is InChI=1S/C28H27N3O3S/c1-19-4-6-22(7-5-19)18-30(2)24-14-10-20(11-15-24)16-25-27(34)31(3)28(35-25)29-23-12-8-21(9-13-23)17-26(32)33/h4-16H,17-18H2,1-3H3,(H,32,33)/b25-16+,29-28?. The smallest absolute Gasteiger partial charge is 0.307 e. The Kier molecular flexibility index (Phi) is 7.36. The van der Waals surface area contributed by atoms with E-state index >= 15 is 0 Å². The third-order valence-electron chi connectivity index (χ3n) is 5.69. The summed E-state index contributed by atoms with van der Waals surface area (Å²) in [6.45, 7) is 2.90. The van der Waals surface area contributed by atoms with Gasteiger partial charge in [0.05, 0.1) is 17.0 Å². The summed E-state index contributed by atoms with van der Waals surface area (Å²) in [5, 5.41) is 9.49. The number of aliphatic carboxylic acids is 1. The molecule has 1 aliphatic rings. The largest absolute Gasteiger partial charge is 0.481 e. The molecule has 1 fully saturated rings. The van der Waals surface area contributed by atoms with Gasteiger partial charge in [-0.15, -0.1) is 0 Å². The molecule has 1 aliphatic heterocycles. The van der Waals surface area contributed by atoms with Crippen molar-refractivity contribution in [1.82, 2.24) is 4.90 Å². The topological polar surface area (TPSA) is 73.2 Å². The number of hydrogen-bond acceptors (Lipinski definition) is 5. The van der Waals surface area contributed by atoms with Crippen molar-refractivity contribution in [1.29, 1.82) is 0 Å². The molecule has 0 atom stereocenters. The second-order valence-corrected chi connectivity index (χ2v) is 9.55. The van der Waals surface area contributed by atoms with Gasteiger partial charge in [0.2, 0.25) is 0 Å². The summed E-state index contributed by atoms with van der Waals surface area (Å²) in [5.41, 5.74) is 5.93. The highest BCUT2D eigenvalue weighted by Crippen LogP contribution is 2.33. The zero-order chi connectivity index (χ0) is 24.9. The molecule has 3 aromatic carbocycles. The maximum absolute atomic E-state index is 12.8. The quantitative estimate of drug-likeness (QED) is 0.448. The fourth-order valence-electron chi connectivity index (χ4n) is 3.66. The molecule has 0 spiro atoms. The van der Waals surface area contributed by atoms with E-state index in [1.165, 1.54) is 27.8 Å². The molecule has 0 saturated carbocycles. The summed E-state index contributed by atoms with van der Waals surface area (Å²) in [6.07, 6.45) is 1.85. The minimum absolute atomic E-state index is 0.0303. The number of carboxylic acid groups (broad SMARTS) is 1. The number of amides is 1.